The lowest BCUT2D eigenvalue weighted by Crippen LogP contribution is -2.16. The number of hydrogen-bond donors (Lipinski definition) is 3. The van der Waals surface area contributed by atoms with Crippen LogP contribution >= 0.6 is 0 Å². The standard InChI is InChI=1S/C6H6N6O3/c7-4-3(11-15-12-4)2(6(13)14)5-8-1-9-10-5/h1-2H,(H2,7,12)(H,13,14)(H,8,9,10). The fourth-order valence-corrected chi connectivity index (χ4v) is 1.12. The zero-order chi connectivity index (χ0) is 10.8. The molecule has 9 heteroatoms. The Morgan fingerprint density at radius 1 is 1.60 bits per heavy atom. The number of aromatic nitrogens is 5. The van der Waals surface area contributed by atoms with Crippen molar-refractivity contribution in [3.8, 4) is 0 Å². The zero-order valence-electron chi connectivity index (χ0n) is 7.28. The summed E-state index contributed by atoms with van der Waals surface area (Å²) >= 11 is 0. The number of nitrogens with one attached hydrogen (secondary N) is 1. The smallest absolute Gasteiger partial charge is 0.320 e. The van der Waals surface area contributed by atoms with Crippen LogP contribution in [0.1, 0.15) is 17.4 Å². The first-order valence-corrected chi connectivity index (χ1v) is 3.86. The highest BCUT2D eigenvalue weighted by Gasteiger charge is 2.30. The van der Waals surface area contributed by atoms with Crippen molar-refractivity contribution in [1.29, 1.82) is 0 Å². The van der Waals surface area contributed by atoms with Gasteiger partial charge in [0, 0.05) is 0 Å². The monoisotopic (exact) mass is 210 g/mol. The van der Waals surface area contributed by atoms with E-state index >= 15 is 0 Å². The SMILES string of the molecule is Nc1nonc1C(C(=O)O)c1ncn[nH]1. The van der Waals surface area contributed by atoms with Crippen LogP contribution in [-0.4, -0.2) is 36.6 Å². The van der Waals surface area contributed by atoms with Gasteiger partial charge in [-0.2, -0.15) is 5.10 Å². The topological polar surface area (TPSA) is 144 Å². The fourth-order valence-electron chi connectivity index (χ4n) is 1.12. The van der Waals surface area contributed by atoms with Crippen molar-refractivity contribution in [2.75, 3.05) is 5.73 Å². The molecule has 9 nitrogen and oxygen atoms in total. The maximum Gasteiger partial charge on any atom is 0.320 e. The largest absolute Gasteiger partial charge is 0.480 e. The van der Waals surface area contributed by atoms with E-state index in [1.54, 1.807) is 0 Å². The molecule has 0 spiro atoms. The van der Waals surface area contributed by atoms with Gasteiger partial charge in [-0.25, -0.2) is 9.61 Å². The average Bonchev–Trinajstić information content (AvgIpc) is 2.79. The highest BCUT2D eigenvalue weighted by atomic mass is 16.6. The summed E-state index contributed by atoms with van der Waals surface area (Å²) in [5, 5.41) is 21.7. The number of aliphatic carboxylic acids is 1. The quantitative estimate of drug-likeness (QED) is 0.584. The summed E-state index contributed by atoms with van der Waals surface area (Å²) in [6.45, 7) is 0. The number of rotatable bonds is 3. The van der Waals surface area contributed by atoms with Gasteiger partial charge in [0.25, 0.3) is 0 Å². The molecular weight excluding hydrogens is 204 g/mol. The van der Waals surface area contributed by atoms with Gasteiger partial charge >= 0.3 is 5.97 Å². The van der Waals surface area contributed by atoms with E-state index in [1.807, 2.05) is 0 Å². The third kappa shape index (κ3) is 1.49. The van der Waals surface area contributed by atoms with E-state index in [0.717, 1.165) is 0 Å². The second kappa shape index (κ2) is 3.36. The molecular formula is C6H6N6O3. The number of hydrogen-bond acceptors (Lipinski definition) is 7. The lowest BCUT2D eigenvalue weighted by Gasteiger charge is -2.04. The molecule has 2 aromatic rings. The Labute approximate surface area is 82.3 Å². The number of carbonyl (C=O) groups is 1. The summed E-state index contributed by atoms with van der Waals surface area (Å²) in [4.78, 5) is 14.7. The molecule has 2 heterocycles. The third-order valence-corrected chi connectivity index (χ3v) is 1.77. The molecule has 0 fully saturated rings. The number of aromatic amines is 1. The first-order chi connectivity index (χ1) is 7.20. The van der Waals surface area contributed by atoms with Gasteiger partial charge in [-0.05, 0) is 5.16 Å². The number of nitrogens with zero attached hydrogens (tertiary/aromatic N) is 4. The van der Waals surface area contributed by atoms with Crippen LogP contribution in [0.15, 0.2) is 11.0 Å². The molecule has 0 aliphatic heterocycles. The third-order valence-electron chi connectivity index (χ3n) is 1.77. The van der Waals surface area contributed by atoms with E-state index in [0.29, 0.717) is 0 Å². The molecule has 0 saturated carbocycles. The van der Waals surface area contributed by atoms with Crippen LogP contribution < -0.4 is 5.73 Å². The Kier molecular flexibility index (Phi) is 2.04. The van der Waals surface area contributed by atoms with Crippen LogP contribution in [-0.2, 0) is 4.79 Å². The van der Waals surface area contributed by atoms with Crippen molar-refractivity contribution >= 4 is 11.8 Å². The molecule has 0 saturated heterocycles. The van der Waals surface area contributed by atoms with Crippen LogP contribution in [0, 0.1) is 0 Å². The number of carboxylic acid groups (broad SMARTS) is 1. The molecule has 0 aromatic carbocycles. The normalized spacial score (nSPS) is 12.5. The molecule has 4 N–H and O–H groups in total. The molecule has 0 aliphatic carbocycles. The summed E-state index contributed by atoms with van der Waals surface area (Å²) in [6.07, 6.45) is 1.19. The van der Waals surface area contributed by atoms with Gasteiger partial charge in [0.2, 0.25) is 0 Å². The summed E-state index contributed by atoms with van der Waals surface area (Å²) in [6, 6.07) is 0. The van der Waals surface area contributed by atoms with E-state index in [2.05, 4.69) is 30.1 Å². The minimum atomic E-state index is -1.17. The van der Waals surface area contributed by atoms with Gasteiger partial charge < -0.3 is 10.8 Å². The molecule has 78 valence electrons. The van der Waals surface area contributed by atoms with Crippen LogP contribution in [0.25, 0.3) is 0 Å². The van der Waals surface area contributed by atoms with Crippen LogP contribution in [0.2, 0.25) is 0 Å². The van der Waals surface area contributed by atoms with Crippen molar-refractivity contribution in [2.45, 2.75) is 5.92 Å². The van der Waals surface area contributed by atoms with E-state index in [1.165, 1.54) is 6.33 Å². The minimum absolute atomic E-state index is 0.000694. The van der Waals surface area contributed by atoms with Gasteiger partial charge in [0.15, 0.2) is 17.4 Å². The molecule has 0 aliphatic rings. The van der Waals surface area contributed by atoms with Gasteiger partial charge in [-0.15, -0.1) is 0 Å². The first-order valence-electron chi connectivity index (χ1n) is 3.86. The molecule has 0 amide bonds. The van der Waals surface area contributed by atoms with E-state index in [4.69, 9.17) is 10.8 Å². The van der Waals surface area contributed by atoms with Crippen LogP contribution in [0.3, 0.4) is 0 Å². The second-order valence-electron chi connectivity index (χ2n) is 2.68. The van der Waals surface area contributed by atoms with Crippen molar-refractivity contribution in [2.24, 2.45) is 0 Å². The molecule has 0 bridgehead atoms. The fraction of sp³-hybridized carbons (Fsp3) is 0.167. The summed E-state index contributed by atoms with van der Waals surface area (Å²) < 4.78 is 4.32. The number of nitrogens with two attached hydrogens (primary N) is 1. The first kappa shape index (κ1) is 9.12. The molecule has 1 unspecified atom stereocenters. The maximum atomic E-state index is 11.0. The Balaban J connectivity index is 2.46. The maximum absolute atomic E-state index is 11.0. The summed E-state index contributed by atoms with van der Waals surface area (Å²) in [5.74, 6) is -2.29. The zero-order valence-corrected chi connectivity index (χ0v) is 7.28. The second-order valence-corrected chi connectivity index (χ2v) is 2.68. The summed E-state index contributed by atoms with van der Waals surface area (Å²) in [7, 11) is 0. The van der Waals surface area contributed by atoms with Gasteiger partial charge in [-0.3, -0.25) is 9.89 Å². The average molecular weight is 210 g/mol. The number of carboxylic acids is 1. The van der Waals surface area contributed by atoms with Gasteiger partial charge in [0.05, 0.1) is 0 Å². The van der Waals surface area contributed by atoms with Crippen molar-refractivity contribution in [3.63, 3.8) is 0 Å². The Morgan fingerprint density at radius 3 is 2.87 bits per heavy atom. The predicted molar refractivity (Wildman–Crippen MR) is 44.6 cm³/mol. The Hall–Kier alpha value is -2.45. The van der Waals surface area contributed by atoms with E-state index in [9.17, 15) is 4.79 Å². The Morgan fingerprint density at radius 2 is 2.40 bits per heavy atom. The number of H-pyrrole nitrogens is 1. The van der Waals surface area contributed by atoms with Crippen molar-refractivity contribution in [1.82, 2.24) is 25.5 Å². The molecule has 15 heavy (non-hydrogen) atoms. The lowest BCUT2D eigenvalue weighted by molar-refractivity contribution is -0.138. The van der Waals surface area contributed by atoms with Crippen molar-refractivity contribution in [3.05, 3.63) is 17.8 Å². The minimum Gasteiger partial charge on any atom is -0.480 e. The lowest BCUT2D eigenvalue weighted by atomic mass is 10.1. The molecule has 2 rings (SSSR count). The van der Waals surface area contributed by atoms with Crippen molar-refractivity contribution < 1.29 is 14.5 Å². The highest BCUT2D eigenvalue weighted by Crippen LogP contribution is 2.23. The van der Waals surface area contributed by atoms with Crippen LogP contribution in [0.5, 0.6) is 0 Å². The number of anilines is 1. The van der Waals surface area contributed by atoms with Gasteiger partial charge in [0.1, 0.15) is 12.2 Å². The van der Waals surface area contributed by atoms with Gasteiger partial charge in [-0.1, -0.05) is 5.16 Å². The predicted octanol–water partition coefficient (Wildman–Crippen LogP) is -1.01. The Bertz CT molecular complexity index is 463. The van der Waals surface area contributed by atoms with E-state index < -0.39 is 11.9 Å². The van der Waals surface area contributed by atoms with E-state index in [-0.39, 0.29) is 17.3 Å². The highest BCUT2D eigenvalue weighted by molar-refractivity contribution is 5.79. The summed E-state index contributed by atoms with van der Waals surface area (Å²) in [5.41, 5.74) is 5.39. The number of nitrogen functional groups attached to an aromatic ring is 1. The molecule has 2 aromatic heterocycles. The molecule has 1 atom stereocenters. The molecule has 0 radical (unpaired) electrons. The van der Waals surface area contributed by atoms with Crippen LogP contribution in [0.4, 0.5) is 5.82 Å².